The summed E-state index contributed by atoms with van der Waals surface area (Å²) in [6.45, 7) is 7.33. The van der Waals surface area contributed by atoms with Gasteiger partial charge in [0.15, 0.2) is 5.75 Å². The van der Waals surface area contributed by atoms with Crippen LogP contribution in [0.4, 0.5) is 45.5 Å². The number of aromatic carboxylic acids is 1. The summed E-state index contributed by atoms with van der Waals surface area (Å²) < 4.78 is 48.6. The maximum atomic E-state index is 12.6. The number of carboxylic acids is 1. The van der Waals surface area contributed by atoms with E-state index in [4.69, 9.17) is 19.6 Å². The number of hydrogen-bond acceptors (Lipinski definition) is 22. The van der Waals surface area contributed by atoms with E-state index >= 15 is 0 Å². The predicted molar refractivity (Wildman–Crippen MR) is 281 cm³/mol. The third kappa shape index (κ3) is 11.4. The van der Waals surface area contributed by atoms with Gasteiger partial charge in [0.05, 0.1) is 75.0 Å². The molecule has 0 aliphatic carbocycles. The molecule has 0 radical (unpaired) electrons. The van der Waals surface area contributed by atoms with Crippen LogP contribution in [0.25, 0.3) is 38.3 Å². The Labute approximate surface area is 439 Å². The van der Waals surface area contributed by atoms with Crippen molar-refractivity contribution in [2.45, 2.75) is 42.4 Å². The fourth-order valence-electron chi connectivity index (χ4n) is 7.87. The largest absolute Gasteiger partial charge is 0.505 e. The molecule has 0 amide bonds. The van der Waals surface area contributed by atoms with Crippen molar-refractivity contribution in [2.75, 3.05) is 12.4 Å². The average molecular weight is 1090 g/mol. The highest BCUT2D eigenvalue weighted by Crippen LogP contribution is 2.45. The van der Waals surface area contributed by atoms with Crippen LogP contribution >= 0.6 is 24.1 Å². The quantitative estimate of drug-likeness (QED) is 0.0153. The van der Waals surface area contributed by atoms with E-state index in [-0.39, 0.29) is 49.7 Å². The highest BCUT2D eigenvalue weighted by Gasteiger charge is 2.22. The molecule has 0 atom stereocenters. The van der Waals surface area contributed by atoms with Crippen molar-refractivity contribution in [2.24, 2.45) is 30.7 Å². The normalized spacial score (nSPS) is 12.1. The second-order valence-corrected chi connectivity index (χ2v) is 19.6. The standard InChI is InChI=1S/C50H40N10O13S3/c1-25-17-41(54-55-42-18-28(4)43(19-27(42)3)56-57-48-46(75-73-71-65)21-29-20-31(8-12-35(29)49(48)61)51-30-6-10-33(69-5)11-7-30)26(2)16-40(25)53-52-32-9-15-44(38(22-32)50(62)63)60-58-39-14-13-36-37(47(39)59-60)23-34(76(66,67)68)24-45(36)74-72-70-64/h6-24,51,61,64-65H,1-5H3,(H,62,63)(H,66,67,68). The molecule has 9 rings (SSSR count). The van der Waals surface area contributed by atoms with Gasteiger partial charge in [-0.15, -0.1) is 28.8 Å². The molecule has 0 fully saturated rings. The number of ether oxygens (including phenoxy) is 1. The average Bonchev–Trinajstić information content (AvgIpc) is 3.87. The van der Waals surface area contributed by atoms with Crippen LogP contribution in [0.5, 0.6) is 11.5 Å². The van der Waals surface area contributed by atoms with Gasteiger partial charge in [-0.3, -0.25) is 4.55 Å². The van der Waals surface area contributed by atoms with Crippen LogP contribution in [0.15, 0.2) is 161 Å². The number of benzene rings is 8. The molecule has 0 aliphatic rings. The SMILES string of the molecule is COc1ccc(Nc2ccc3c(O)c(N=Nc4cc(C)c(N=Nc5cc(C)c(N=Nc6ccc(-n7nc8ccc9c(SOOO)cc(S(=O)(=O)O)cc9c8n7)c(C(=O)O)c6)cc5C)cc4C)c(SOOO)cc3c2)cc1. The fraction of sp³-hybridized carbons (Fsp3) is 0.100. The van der Waals surface area contributed by atoms with Gasteiger partial charge >= 0.3 is 5.97 Å². The lowest BCUT2D eigenvalue weighted by molar-refractivity contribution is -0.432. The number of fused-ring (bicyclic) bond motifs is 4. The summed E-state index contributed by atoms with van der Waals surface area (Å²) in [5.41, 5.74) is 7.11. The first-order chi connectivity index (χ1) is 36.5. The van der Waals surface area contributed by atoms with Crippen LogP contribution in [0.1, 0.15) is 32.6 Å². The molecule has 1 heterocycles. The van der Waals surface area contributed by atoms with Gasteiger partial charge in [0, 0.05) is 32.4 Å². The maximum Gasteiger partial charge on any atom is 0.338 e. The van der Waals surface area contributed by atoms with E-state index in [1.54, 1.807) is 49.6 Å². The molecule has 8 aromatic carbocycles. The Kier molecular flexibility index (Phi) is 15.4. The number of nitrogens with zero attached hydrogens (tertiary/aromatic N) is 9. The van der Waals surface area contributed by atoms with Gasteiger partial charge in [0.25, 0.3) is 10.1 Å². The number of carboxylic acid groups (broad SMARTS) is 1. The van der Waals surface area contributed by atoms with Crippen molar-refractivity contribution >= 4 is 118 Å². The first kappa shape index (κ1) is 52.6. The first-order valence-electron chi connectivity index (χ1n) is 22.2. The third-order valence-corrected chi connectivity index (χ3v) is 13.8. The number of hydrogen-bond donors (Lipinski definition) is 6. The summed E-state index contributed by atoms with van der Waals surface area (Å²) in [5.74, 6) is -0.762. The lowest BCUT2D eigenvalue weighted by Gasteiger charge is -2.12. The van der Waals surface area contributed by atoms with Gasteiger partial charge in [-0.1, -0.05) is 16.1 Å². The summed E-state index contributed by atoms with van der Waals surface area (Å²) >= 11 is 1.12. The van der Waals surface area contributed by atoms with Crippen molar-refractivity contribution in [1.82, 2.24) is 15.0 Å². The number of nitrogens with one attached hydrogen (secondary N) is 1. The fourth-order valence-corrected chi connectivity index (χ4v) is 9.52. The molecule has 0 saturated heterocycles. The highest BCUT2D eigenvalue weighted by atomic mass is 32.2. The summed E-state index contributed by atoms with van der Waals surface area (Å²) in [4.78, 5) is 13.6. The minimum absolute atomic E-state index is 0.0603. The topological polar surface area (TPSA) is 315 Å². The Morgan fingerprint density at radius 2 is 1.21 bits per heavy atom. The number of methoxy groups -OCH3 is 1. The number of azo groups is 3. The van der Waals surface area contributed by atoms with E-state index in [0.717, 1.165) is 39.1 Å². The van der Waals surface area contributed by atoms with E-state index in [1.807, 2.05) is 70.2 Å². The number of aryl methyl sites for hydroxylation is 4. The summed E-state index contributed by atoms with van der Waals surface area (Å²) in [5, 5.41) is 87.6. The zero-order valence-electron chi connectivity index (χ0n) is 40.2. The molecule has 0 saturated carbocycles. The lowest BCUT2D eigenvalue weighted by atomic mass is 10.1. The Balaban J connectivity index is 0.924. The van der Waals surface area contributed by atoms with Crippen LogP contribution in [-0.2, 0) is 28.9 Å². The molecule has 386 valence electrons. The van der Waals surface area contributed by atoms with Gasteiger partial charge in [0.2, 0.25) is 0 Å². The summed E-state index contributed by atoms with van der Waals surface area (Å²) in [6.07, 6.45) is 0. The Bertz CT molecular complexity index is 3970. The molecule has 0 unspecified atom stereocenters. The zero-order valence-corrected chi connectivity index (χ0v) is 42.7. The predicted octanol–water partition coefficient (Wildman–Crippen LogP) is 14.5. The molecule has 0 aliphatic heterocycles. The monoisotopic (exact) mass is 1080 g/mol. The van der Waals surface area contributed by atoms with Gasteiger partial charge in [-0.05, 0) is 165 Å². The van der Waals surface area contributed by atoms with Gasteiger partial charge < -0.3 is 20.3 Å². The molecule has 0 spiro atoms. The highest BCUT2D eigenvalue weighted by molar-refractivity contribution is 7.95. The number of aromatic hydroxyl groups is 1. The number of carbonyl (C=O) groups is 1. The van der Waals surface area contributed by atoms with E-state index in [0.29, 0.717) is 79.0 Å². The number of phenols is 1. The molecule has 26 heteroatoms. The van der Waals surface area contributed by atoms with Gasteiger partial charge in [-0.25, -0.2) is 15.3 Å². The maximum absolute atomic E-state index is 12.6. The molecule has 6 N–H and O–H groups in total. The van der Waals surface area contributed by atoms with E-state index in [9.17, 15) is 28.0 Å². The lowest BCUT2D eigenvalue weighted by Crippen LogP contribution is -2.07. The summed E-state index contributed by atoms with van der Waals surface area (Å²) in [7, 11) is -3.11. The molecule has 9 aromatic rings. The van der Waals surface area contributed by atoms with Crippen LogP contribution in [0.2, 0.25) is 0 Å². The Morgan fingerprint density at radius 1 is 0.632 bits per heavy atom. The van der Waals surface area contributed by atoms with Crippen molar-refractivity contribution in [3.63, 3.8) is 0 Å². The van der Waals surface area contributed by atoms with Crippen molar-refractivity contribution in [3.05, 3.63) is 143 Å². The van der Waals surface area contributed by atoms with E-state index in [2.05, 4.69) is 60.6 Å². The van der Waals surface area contributed by atoms with Gasteiger partial charge in [0.1, 0.15) is 28.2 Å². The van der Waals surface area contributed by atoms with E-state index in [1.165, 1.54) is 24.3 Å². The number of phenolic OH excluding ortho intramolecular Hbond substituents is 1. The molecule has 23 nitrogen and oxygen atoms in total. The zero-order chi connectivity index (χ0) is 53.8. The van der Waals surface area contributed by atoms with Crippen LogP contribution in [-0.4, -0.2) is 61.8 Å². The first-order valence-corrected chi connectivity index (χ1v) is 25.1. The number of rotatable bonds is 18. The molecule has 0 bridgehead atoms. The van der Waals surface area contributed by atoms with Crippen LogP contribution < -0.4 is 10.1 Å². The van der Waals surface area contributed by atoms with E-state index < -0.39 is 21.0 Å². The molecular formula is C50H40N10O13S3. The van der Waals surface area contributed by atoms with Crippen molar-refractivity contribution in [1.29, 1.82) is 0 Å². The second kappa shape index (κ2) is 22.3. The smallest absolute Gasteiger partial charge is 0.338 e. The Morgan fingerprint density at radius 3 is 1.80 bits per heavy atom. The van der Waals surface area contributed by atoms with Crippen molar-refractivity contribution < 1.29 is 62.0 Å². The van der Waals surface area contributed by atoms with Crippen LogP contribution in [0.3, 0.4) is 0 Å². The summed E-state index contributed by atoms with van der Waals surface area (Å²) in [6, 6.07) is 31.4. The van der Waals surface area contributed by atoms with Crippen molar-refractivity contribution in [3.8, 4) is 17.2 Å². The number of anilines is 2. The van der Waals surface area contributed by atoms with Gasteiger partial charge in [-0.2, -0.15) is 34.0 Å². The van der Waals surface area contributed by atoms with Crippen LogP contribution in [0, 0.1) is 27.7 Å². The molecular weight excluding hydrogens is 1040 g/mol. The molecule has 1 aromatic heterocycles. The number of aromatic nitrogens is 3. The minimum Gasteiger partial charge on any atom is -0.505 e. The second-order valence-electron chi connectivity index (χ2n) is 16.7. The Hall–Kier alpha value is -8.28. The molecule has 76 heavy (non-hydrogen) atoms. The minimum atomic E-state index is -4.71. The third-order valence-electron chi connectivity index (χ3n) is 11.7.